The molecule has 5 aromatic rings. The van der Waals surface area contributed by atoms with E-state index in [1.165, 1.54) is 11.6 Å². The minimum Gasteiger partial charge on any atom is -0.497 e. The summed E-state index contributed by atoms with van der Waals surface area (Å²) in [6, 6.07) is 15.9. The van der Waals surface area contributed by atoms with Gasteiger partial charge in [0.2, 0.25) is 0 Å². The molecule has 0 saturated heterocycles. The molecule has 0 amide bonds. The molecule has 2 aromatic carbocycles. The van der Waals surface area contributed by atoms with E-state index < -0.39 is 11.6 Å². The second kappa shape index (κ2) is 7.98. The van der Waals surface area contributed by atoms with Gasteiger partial charge in [0, 0.05) is 43.8 Å². The van der Waals surface area contributed by atoms with E-state index in [0.717, 1.165) is 39.2 Å². The average molecular weight is 499 g/mol. The van der Waals surface area contributed by atoms with Crippen molar-refractivity contribution in [3.8, 4) is 17.0 Å². The van der Waals surface area contributed by atoms with Gasteiger partial charge >= 0.3 is 5.69 Å². The van der Waals surface area contributed by atoms with E-state index in [4.69, 9.17) is 9.47 Å². The van der Waals surface area contributed by atoms with Gasteiger partial charge < -0.3 is 18.6 Å². The first-order valence-electron chi connectivity index (χ1n) is 12.3. The molecule has 6 rings (SSSR count). The maximum Gasteiger partial charge on any atom is 0.331 e. The monoisotopic (exact) mass is 498 g/mol. The number of aryl methyl sites for hydroxylation is 2. The Bertz CT molecular complexity index is 1820. The van der Waals surface area contributed by atoms with Crippen LogP contribution in [-0.2, 0) is 31.4 Å². The van der Waals surface area contributed by atoms with Gasteiger partial charge in [-0.1, -0.05) is 18.2 Å². The van der Waals surface area contributed by atoms with Crippen molar-refractivity contribution in [1.29, 1.82) is 0 Å². The van der Waals surface area contributed by atoms with E-state index in [0.29, 0.717) is 17.5 Å². The van der Waals surface area contributed by atoms with Crippen LogP contribution in [0.3, 0.4) is 0 Å². The van der Waals surface area contributed by atoms with E-state index in [1.54, 1.807) is 18.7 Å². The Morgan fingerprint density at radius 3 is 2.38 bits per heavy atom. The third kappa shape index (κ3) is 3.18. The number of methoxy groups -OCH3 is 1. The van der Waals surface area contributed by atoms with Gasteiger partial charge in [0.05, 0.1) is 41.5 Å². The molecule has 190 valence electrons. The number of para-hydroxylation sites is 1. The molecule has 0 spiro atoms. The minimum atomic E-state index is -0.480. The number of rotatable bonds is 3. The second-order valence-electron chi connectivity index (χ2n) is 10.4. The molecule has 0 N–H and O–H groups in total. The van der Waals surface area contributed by atoms with Crippen molar-refractivity contribution in [1.82, 2.24) is 18.3 Å². The summed E-state index contributed by atoms with van der Waals surface area (Å²) < 4.78 is 19.1. The molecule has 8 nitrogen and oxygen atoms in total. The van der Waals surface area contributed by atoms with Crippen LogP contribution < -0.4 is 16.0 Å². The lowest BCUT2D eigenvalue weighted by molar-refractivity contribution is -0.00648. The fourth-order valence-electron chi connectivity index (χ4n) is 5.84. The first-order chi connectivity index (χ1) is 17.7. The van der Waals surface area contributed by atoms with Gasteiger partial charge in [-0.25, -0.2) is 4.79 Å². The van der Waals surface area contributed by atoms with E-state index >= 15 is 0 Å². The summed E-state index contributed by atoms with van der Waals surface area (Å²) in [4.78, 5) is 27.0. The second-order valence-corrected chi connectivity index (χ2v) is 10.4. The largest absolute Gasteiger partial charge is 0.497 e. The summed E-state index contributed by atoms with van der Waals surface area (Å²) >= 11 is 0. The fraction of sp³-hybridized carbons (Fsp3) is 0.310. The standard InChI is InChI=1S/C29H30N4O4/c1-29(2)16-37-26(20-15-30(3)21-10-8-7-9-19(20)21)25-24-22(27(34)32(5)28(35)31(24)4)23(33(25)29)17-11-13-18(36-6)14-12-17/h7-15,26H,16H2,1-6H3/t26-/m1/s1. The quantitative estimate of drug-likeness (QED) is 0.376. The van der Waals surface area contributed by atoms with Crippen molar-refractivity contribution in [2.24, 2.45) is 21.1 Å². The van der Waals surface area contributed by atoms with Crippen LogP contribution in [0.25, 0.3) is 33.1 Å². The van der Waals surface area contributed by atoms with E-state index in [9.17, 15) is 9.59 Å². The topological polar surface area (TPSA) is 72.3 Å². The van der Waals surface area contributed by atoms with Crippen LogP contribution >= 0.6 is 0 Å². The molecular weight excluding hydrogens is 468 g/mol. The molecule has 0 radical (unpaired) electrons. The van der Waals surface area contributed by atoms with Crippen LogP contribution in [0, 0.1) is 0 Å². The summed E-state index contributed by atoms with van der Waals surface area (Å²) in [7, 11) is 6.90. The predicted molar refractivity (Wildman–Crippen MR) is 144 cm³/mol. The van der Waals surface area contributed by atoms with Crippen molar-refractivity contribution in [2.45, 2.75) is 25.5 Å². The number of hydrogen-bond donors (Lipinski definition) is 0. The third-order valence-electron chi connectivity index (χ3n) is 7.64. The molecular formula is C29H30N4O4. The summed E-state index contributed by atoms with van der Waals surface area (Å²) in [5, 5.41) is 1.59. The molecule has 0 saturated carbocycles. The van der Waals surface area contributed by atoms with Gasteiger partial charge in [-0.15, -0.1) is 0 Å². The van der Waals surface area contributed by atoms with Gasteiger partial charge in [0.1, 0.15) is 11.9 Å². The minimum absolute atomic E-state index is 0.321. The molecule has 0 aliphatic carbocycles. The van der Waals surface area contributed by atoms with Crippen LogP contribution in [0.15, 0.2) is 64.3 Å². The Morgan fingerprint density at radius 1 is 0.973 bits per heavy atom. The van der Waals surface area contributed by atoms with Crippen LogP contribution in [-0.4, -0.2) is 32.0 Å². The SMILES string of the molecule is COc1ccc(-c2c3c(=O)n(C)c(=O)n(C)c3c3n2C(C)(C)CO[C@@H]3c2cn(C)c3ccccc23)cc1. The third-order valence-corrected chi connectivity index (χ3v) is 7.64. The maximum atomic E-state index is 13.8. The Hall–Kier alpha value is -4.04. The Labute approximate surface area is 213 Å². The predicted octanol–water partition coefficient (Wildman–Crippen LogP) is 4.06. The first-order valence-corrected chi connectivity index (χ1v) is 12.3. The molecule has 1 aliphatic rings. The first kappa shape index (κ1) is 23.4. The highest BCUT2D eigenvalue weighted by Gasteiger charge is 2.41. The molecule has 3 aromatic heterocycles. The summed E-state index contributed by atoms with van der Waals surface area (Å²) in [5.74, 6) is 0.731. The summed E-state index contributed by atoms with van der Waals surface area (Å²) in [6.07, 6.45) is 1.62. The van der Waals surface area contributed by atoms with Crippen LogP contribution in [0.4, 0.5) is 0 Å². The Kier molecular flexibility index (Phi) is 5.04. The summed E-state index contributed by atoms with van der Waals surface area (Å²) in [5.41, 5.74) is 3.99. The number of nitrogens with zero attached hydrogens (tertiary/aromatic N) is 4. The highest BCUT2D eigenvalue weighted by molar-refractivity contribution is 5.97. The fourth-order valence-corrected chi connectivity index (χ4v) is 5.84. The Balaban J connectivity index is 1.80. The van der Waals surface area contributed by atoms with Crippen molar-refractivity contribution in [3.05, 3.63) is 86.8 Å². The van der Waals surface area contributed by atoms with Gasteiger partial charge in [0.15, 0.2) is 0 Å². The Morgan fingerprint density at radius 2 is 1.68 bits per heavy atom. The van der Waals surface area contributed by atoms with Gasteiger partial charge in [0.25, 0.3) is 5.56 Å². The lowest BCUT2D eigenvalue weighted by Gasteiger charge is -2.39. The zero-order valence-corrected chi connectivity index (χ0v) is 21.9. The number of fused-ring (bicyclic) bond motifs is 4. The molecule has 4 heterocycles. The molecule has 0 fully saturated rings. The van der Waals surface area contributed by atoms with Crippen molar-refractivity contribution >= 4 is 21.8 Å². The lowest BCUT2D eigenvalue weighted by atomic mass is 9.97. The van der Waals surface area contributed by atoms with E-state index in [-0.39, 0.29) is 11.2 Å². The van der Waals surface area contributed by atoms with Gasteiger partial charge in [-0.2, -0.15) is 0 Å². The highest BCUT2D eigenvalue weighted by Crippen LogP contribution is 2.46. The lowest BCUT2D eigenvalue weighted by Crippen LogP contribution is -2.40. The zero-order valence-electron chi connectivity index (χ0n) is 21.9. The molecule has 1 aliphatic heterocycles. The number of ether oxygens (including phenoxy) is 2. The smallest absolute Gasteiger partial charge is 0.331 e. The van der Waals surface area contributed by atoms with Gasteiger partial charge in [-0.05, 0) is 49.7 Å². The molecule has 0 unspecified atom stereocenters. The highest BCUT2D eigenvalue weighted by atomic mass is 16.5. The molecule has 0 bridgehead atoms. The molecule has 37 heavy (non-hydrogen) atoms. The van der Waals surface area contributed by atoms with Crippen molar-refractivity contribution in [3.63, 3.8) is 0 Å². The summed E-state index contributed by atoms with van der Waals surface area (Å²) in [6.45, 7) is 4.64. The molecule has 1 atom stereocenters. The molecule has 8 heteroatoms. The number of benzene rings is 2. The van der Waals surface area contributed by atoms with Crippen molar-refractivity contribution in [2.75, 3.05) is 13.7 Å². The number of hydrogen-bond acceptors (Lipinski definition) is 4. The normalized spacial score (nSPS) is 16.9. The number of aromatic nitrogens is 4. The van der Waals surface area contributed by atoms with Crippen LogP contribution in [0.1, 0.15) is 31.2 Å². The van der Waals surface area contributed by atoms with Crippen molar-refractivity contribution < 1.29 is 9.47 Å². The maximum absolute atomic E-state index is 13.8. The van der Waals surface area contributed by atoms with Gasteiger partial charge in [-0.3, -0.25) is 13.9 Å². The average Bonchev–Trinajstić information content (AvgIpc) is 3.43. The zero-order chi connectivity index (χ0) is 26.2. The van der Waals surface area contributed by atoms with Crippen LogP contribution in [0.2, 0.25) is 0 Å². The van der Waals surface area contributed by atoms with E-state index in [1.807, 2.05) is 43.4 Å². The van der Waals surface area contributed by atoms with E-state index in [2.05, 4.69) is 41.3 Å². The van der Waals surface area contributed by atoms with Crippen LogP contribution in [0.5, 0.6) is 5.75 Å².